The van der Waals surface area contributed by atoms with Gasteiger partial charge in [0.2, 0.25) is 0 Å². The summed E-state index contributed by atoms with van der Waals surface area (Å²) >= 11 is 0. The number of allylic oxidation sites excluding steroid dienone is 2. The van der Waals surface area contributed by atoms with Crippen LogP contribution < -0.4 is 0 Å². The van der Waals surface area contributed by atoms with Crippen molar-refractivity contribution in [1.82, 2.24) is 20.2 Å². The first-order chi connectivity index (χ1) is 15.4. The van der Waals surface area contributed by atoms with E-state index in [0.29, 0.717) is 12.2 Å². The predicted octanol–water partition coefficient (Wildman–Crippen LogP) is 3.41. The number of rotatable bonds is 5. The fourth-order valence-corrected chi connectivity index (χ4v) is 3.94. The first-order valence-electron chi connectivity index (χ1n) is 10.6. The molecule has 7 heteroatoms. The van der Waals surface area contributed by atoms with Crippen LogP contribution in [-0.4, -0.2) is 43.5 Å². The number of ether oxygens (including phenoxy) is 1. The van der Waals surface area contributed by atoms with Crippen LogP contribution in [0.15, 0.2) is 60.7 Å². The van der Waals surface area contributed by atoms with E-state index in [1.807, 2.05) is 18.2 Å². The molecule has 1 fully saturated rings. The van der Waals surface area contributed by atoms with E-state index in [4.69, 9.17) is 4.74 Å². The summed E-state index contributed by atoms with van der Waals surface area (Å²) in [6, 6.07) is 16.5. The molecule has 1 N–H and O–H groups in total. The van der Waals surface area contributed by atoms with Gasteiger partial charge in [0.1, 0.15) is 6.10 Å². The molecular weight excluding hydrogens is 404 g/mol. The largest absolute Gasteiger partial charge is 0.458 e. The molecule has 3 aromatic rings. The van der Waals surface area contributed by atoms with Crippen molar-refractivity contribution in [3.63, 3.8) is 0 Å². The molecule has 1 saturated heterocycles. The van der Waals surface area contributed by atoms with E-state index >= 15 is 0 Å². The number of hydrogen-bond donors (Lipinski definition) is 1. The van der Waals surface area contributed by atoms with Crippen LogP contribution >= 0.6 is 0 Å². The topological polar surface area (TPSA) is 90.1 Å². The molecule has 0 bridgehead atoms. The van der Waals surface area contributed by atoms with Crippen LogP contribution in [0, 0.1) is 13.8 Å². The number of aliphatic hydroxyl groups excluding tert-OH is 1. The predicted molar refractivity (Wildman–Crippen MR) is 121 cm³/mol. The van der Waals surface area contributed by atoms with E-state index in [0.717, 1.165) is 33.4 Å². The SMILES string of the molecule is Cc1cccc(C(=C(/C=C/[C@@H]2C[C@@H](O)CC(=O)O2)c2nnnn2C)c2cccc(C)c2)c1. The lowest BCUT2D eigenvalue weighted by atomic mass is 9.90. The third-order valence-corrected chi connectivity index (χ3v) is 5.41. The van der Waals surface area contributed by atoms with Gasteiger partial charge in [-0.3, -0.25) is 4.79 Å². The van der Waals surface area contributed by atoms with Gasteiger partial charge in [0.25, 0.3) is 0 Å². The molecule has 0 unspecified atom stereocenters. The number of esters is 1. The molecule has 1 aliphatic heterocycles. The molecule has 164 valence electrons. The maximum Gasteiger partial charge on any atom is 0.309 e. The number of aromatic nitrogens is 4. The minimum absolute atomic E-state index is 0.0259. The van der Waals surface area contributed by atoms with Crippen LogP contribution in [0.2, 0.25) is 0 Å². The summed E-state index contributed by atoms with van der Waals surface area (Å²) in [4.78, 5) is 11.8. The van der Waals surface area contributed by atoms with E-state index in [9.17, 15) is 9.90 Å². The highest BCUT2D eigenvalue weighted by Crippen LogP contribution is 2.33. The number of aryl methyl sites for hydroxylation is 3. The van der Waals surface area contributed by atoms with E-state index in [-0.39, 0.29) is 6.42 Å². The molecular formula is C25H26N4O3. The molecule has 0 saturated carbocycles. The third kappa shape index (κ3) is 4.84. The molecule has 2 heterocycles. The minimum Gasteiger partial charge on any atom is -0.458 e. The number of cyclic esters (lactones) is 1. The van der Waals surface area contributed by atoms with Crippen molar-refractivity contribution in [3.8, 4) is 0 Å². The number of benzene rings is 2. The standard InChI is InChI=1S/C25H26N4O3/c1-16-6-4-8-18(12-16)24(19-9-5-7-17(2)13-19)22(25-26-27-28-29(25)3)11-10-21-14-20(30)15-23(31)32-21/h4-13,20-21,30H,14-15H2,1-3H3/b11-10+/t20-,21-/m1/s1. The number of nitrogens with zero attached hydrogens (tertiary/aromatic N) is 4. The summed E-state index contributed by atoms with van der Waals surface area (Å²) in [5.74, 6) is 0.184. The summed E-state index contributed by atoms with van der Waals surface area (Å²) in [5.41, 5.74) is 6.09. The van der Waals surface area contributed by atoms with E-state index in [1.54, 1.807) is 17.8 Å². The molecule has 2 atom stereocenters. The molecule has 1 aliphatic rings. The molecule has 2 aromatic carbocycles. The van der Waals surface area contributed by atoms with Gasteiger partial charge in [0, 0.05) is 19.0 Å². The van der Waals surface area contributed by atoms with Crippen LogP contribution in [0.4, 0.5) is 0 Å². The monoisotopic (exact) mass is 430 g/mol. The lowest BCUT2D eigenvalue weighted by Gasteiger charge is -2.23. The molecule has 4 rings (SSSR count). The lowest BCUT2D eigenvalue weighted by molar-refractivity contribution is -0.156. The Kier molecular flexibility index (Phi) is 6.28. The first-order valence-corrected chi connectivity index (χ1v) is 10.6. The summed E-state index contributed by atoms with van der Waals surface area (Å²) in [6.07, 6.45) is 2.86. The Morgan fingerprint density at radius 3 is 2.31 bits per heavy atom. The zero-order valence-electron chi connectivity index (χ0n) is 18.4. The van der Waals surface area contributed by atoms with Crippen molar-refractivity contribution < 1.29 is 14.6 Å². The number of hydrogen-bond acceptors (Lipinski definition) is 6. The van der Waals surface area contributed by atoms with Crippen LogP contribution in [0.3, 0.4) is 0 Å². The zero-order valence-corrected chi connectivity index (χ0v) is 18.4. The van der Waals surface area contributed by atoms with Crippen molar-refractivity contribution in [1.29, 1.82) is 0 Å². The number of carbonyl (C=O) groups is 1. The Bertz CT molecular complexity index is 1150. The maximum absolute atomic E-state index is 11.8. The smallest absolute Gasteiger partial charge is 0.309 e. The maximum atomic E-state index is 11.8. The fraction of sp³-hybridized carbons (Fsp3) is 0.280. The van der Waals surface area contributed by atoms with Crippen LogP contribution in [-0.2, 0) is 16.6 Å². The molecule has 0 amide bonds. The lowest BCUT2D eigenvalue weighted by Crippen LogP contribution is -2.31. The molecule has 0 aliphatic carbocycles. The molecule has 0 radical (unpaired) electrons. The summed E-state index contributed by atoms with van der Waals surface area (Å²) in [6.45, 7) is 4.11. The highest BCUT2D eigenvalue weighted by molar-refractivity contribution is 6.01. The third-order valence-electron chi connectivity index (χ3n) is 5.41. The number of aliphatic hydroxyl groups is 1. The average Bonchev–Trinajstić information content (AvgIpc) is 3.16. The van der Waals surface area contributed by atoms with E-state index in [2.05, 4.69) is 65.8 Å². The van der Waals surface area contributed by atoms with Gasteiger partial charge in [0.05, 0.1) is 12.5 Å². The Morgan fingerprint density at radius 1 is 1.12 bits per heavy atom. The van der Waals surface area contributed by atoms with Gasteiger partial charge in [-0.25, -0.2) is 4.68 Å². The van der Waals surface area contributed by atoms with Gasteiger partial charge in [0.15, 0.2) is 5.82 Å². The van der Waals surface area contributed by atoms with Crippen molar-refractivity contribution in [2.24, 2.45) is 7.05 Å². The van der Waals surface area contributed by atoms with Crippen molar-refractivity contribution >= 4 is 17.1 Å². The average molecular weight is 431 g/mol. The highest BCUT2D eigenvalue weighted by Gasteiger charge is 2.26. The molecule has 32 heavy (non-hydrogen) atoms. The second-order valence-corrected chi connectivity index (χ2v) is 8.13. The second kappa shape index (κ2) is 9.28. The van der Waals surface area contributed by atoms with E-state index in [1.165, 1.54) is 0 Å². The first kappa shape index (κ1) is 21.6. The summed E-state index contributed by atoms with van der Waals surface area (Å²) in [7, 11) is 1.79. The Hall–Kier alpha value is -3.58. The van der Waals surface area contributed by atoms with Crippen LogP contribution in [0.25, 0.3) is 11.1 Å². The van der Waals surface area contributed by atoms with Crippen molar-refractivity contribution in [3.05, 3.63) is 88.8 Å². The quantitative estimate of drug-likeness (QED) is 0.493. The van der Waals surface area contributed by atoms with Gasteiger partial charge >= 0.3 is 5.97 Å². The fourth-order valence-electron chi connectivity index (χ4n) is 3.94. The number of tetrazole rings is 1. The van der Waals surface area contributed by atoms with Gasteiger partial charge in [-0.2, -0.15) is 0 Å². The molecule has 1 aromatic heterocycles. The molecule has 0 spiro atoms. The van der Waals surface area contributed by atoms with Gasteiger partial charge in [-0.05, 0) is 47.1 Å². The van der Waals surface area contributed by atoms with Crippen molar-refractivity contribution in [2.75, 3.05) is 0 Å². The second-order valence-electron chi connectivity index (χ2n) is 8.13. The molecule has 7 nitrogen and oxygen atoms in total. The summed E-state index contributed by atoms with van der Waals surface area (Å²) < 4.78 is 7.04. The van der Waals surface area contributed by atoms with Crippen molar-refractivity contribution in [2.45, 2.75) is 38.9 Å². The zero-order chi connectivity index (χ0) is 22.7. The van der Waals surface area contributed by atoms with Gasteiger partial charge in [-0.1, -0.05) is 65.7 Å². The Balaban J connectivity index is 1.93. The number of carbonyl (C=O) groups excluding carboxylic acids is 1. The van der Waals surface area contributed by atoms with Crippen LogP contribution in [0.1, 0.15) is 40.9 Å². The van der Waals surface area contributed by atoms with Gasteiger partial charge in [-0.15, -0.1) is 5.10 Å². The van der Waals surface area contributed by atoms with Gasteiger partial charge < -0.3 is 9.84 Å². The minimum atomic E-state index is -0.706. The normalized spacial score (nSPS) is 18.6. The highest BCUT2D eigenvalue weighted by atomic mass is 16.5. The summed E-state index contributed by atoms with van der Waals surface area (Å²) in [5, 5.41) is 22.1. The Labute approximate surface area is 187 Å². The van der Waals surface area contributed by atoms with Crippen LogP contribution in [0.5, 0.6) is 0 Å². The Morgan fingerprint density at radius 2 is 1.78 bits per heavy atom. The van der Waals surface area contributed by atoms with E-state index < -0.39 is 18.2 Å².